The Hall–Kier alpha value is -3.71. The van der Waals surface area contributed by atoms with Crippen molar-refractivity contribution >= 4 is 29.1 Å². The molecule has 1 aliphatic rings. The molecule has 0 saturated heterocycles. The van der Waals surface area contributed by atoms with Gasteiger partial charge in [0, 0.05) is 17.8 Å². The molecule has 0 aromatic heterocycles. The van der Waals surface area contributed by atoms with Crippen molar-refractivity contribution in [2.24, 2.45) is 0 Å². The summed E-state index contributed by atoms with van der Waals surface area (Å²) in [6.07, 6.45) is 0.0422. The molecule has 0 spiro atoms. The fourth-order valence-electron chi connectivity index (χ4n) is 4.23. The maximum absolute atomic E-state index is 13.3. The van der Waals surface area contributed by atoms with Crippen molar-refractivity contribution < 1.29 is 23.8 Å². The Morgan fingerprint density at radius 2 is 1.77 bits per heavy atom. The number of methoxy groups -OCH3 is 2. The van der Waals surface area contributed by atoms with Crippen molar-refractivity contribution in [1.82, 2.24) is 4.90 Å². The third-order valence-corrected chi connectivity index (χ3v) is 6.21. The normalized spacial score (nSPS) is 13.3. The summed E-state index contributed by atoms with van der Waals surface area (Å²) in [4.78, 5) is 28.2. The lowest BCUT2D eigenvalue weighted by molar-refractivity contribution is -0.117. The molecule has 0 saturated carbocycles. The van der Waals surface area contributed by atoms with E-state index < -0.39 is 6.04 Å². The lowest BCUT2D eigenvalue weighted by Crippen LogP contribution is -2.32. The summed E-state index contributed by atoms with van der Waals surface area (Å²) >= 11 is 6.21. The van der Waals surface area contributed by atoms with Crippen LogP contribution in [0, 0.1) is 0 Å². The highest BCUT2D eigenvalue weighted by Gasteiger charge is 2.35. The maximum atomic E-state index is 13.3. The van der Waals surface area contributed by atoms with Gasteiger partial charge in [-0.1, -0.05) is 35.9 Å². The van der Waals surface area contributed by atoms with E-state index in [4.69, 9.17) is 25.8 Å². The predicted molar refractivity (Wildman–Crippen MR) is 134 cm³/mol. The van der Waals surface area contributed by atoms with Gasteiger partial charge in [-0.05, 0) is 54.4 Å². The zero-order valence-electron chi connectivity index (χ0n) is 19.8. The molecule has 1 N–H and O–H groups in total. The average Bonchev–Trinajstić information content (AvgIpc) is 3.19. The number of carbonyl (C=O) groups excluding carboxylic acids is 2. The Bertz CT molecular complexity index is 1250. The first-order chi connectivity index (χ1) is 16.9. The second-order valence-electron chi connectivity index (χ2n) is 8.05. The van der Waals surface area contributed by atoms with Crippen molar-refractivity contribution in [1.29, 1.82) is 0 Å². The largest absolute Gasteiger partial charge is 0.495 e. The molecule has 1 aliphatic heterocycles. The summed E-state index contributed by atoms with van der Waals surface area (Å²) < 4.78 is 16.3. The molecular formula is C27H27ClN2O5. The van der Waals surface area contributed by atoms with Crippen LogP contribution in [-0.4, -0.2) is 37.5 Å². The molecule has 4 rings (SSSR count). The number of fused-ring (bicyclic) bond motifs is 1. The second kappa shape index (κ2) is 10.7. The fraction of sp³-hybridized carbons (Fsp3) is 0.259. The average molecular weight is 495 g/mol. The van der Waals surface area contributed by atoms with Gasteiger partial charge >= 0.3 is 0 Å². The van der Waals surface area contributed by atoms with Crippen LogP contribution in [0.2, 0.25) is 5.02 Å². The van der Waals surface area contributed by atoms with Gasteiger partial charge in [-0.3, -0.25) is 9.59 Å². The van der Waals surface area contributed by atoms with Gasteiger partial charge in [0.2, 0.25) is 5.91 Å². The Morgan fingerprint density at radius 1 is 1.03 bits per heavy atom. The number of benzene rings is 3. The monoisotopic (exact) mass is 494 g/mol. The summed E-state index contributed by atoms with van der Waals surface area (Å²) in [5, 5.41) is 3.27. The molecule has 7 nitrogen and oxygen atoms in total. The van der Waals surface area contributed by atoms with Gasteiger partial charge in [-0.25, -0.2) is 0 Å². The summed E-state index contributed by atoms with van der Waals surface area (Å²) in [5.74, 6) is 1.29. The maximum Gasteiger partial charge on any atom is 0.255 e. The summed E-state index contributed by atoms with van der Waals surface area (Å²) in [6, 6.07) is 17.5. The highest BCUT2D eigenvalue weighted by atomic mass is 35.5. The highest BCUT2D eigenvalue weighted by Crippen LogP contribution is 2.38. The van der Waals surface area contributed by atoms with Crippen LogP contribution in [0.4, 0.5) is 5.69 Å². The molecule has 3 aromatic carbocycles. The summed E-state index contributed by atoms with van der Waals surface area (Å²) in [5.41, 5.74) is 2.90. The Kier molecular flexibility index (Phi) is 7.46. The van der Waals surface area contributed by atoms with Crippen LogP contribution in [0.25, 0.3) is 0 Å². The van der Waals surface area contributed by atoms with Crippen molar-refractivity contribution in [3.63, 3.8) is 0 Å². The number of amides is 2. The van der Waals surface area contributed by atoms with Crippen molar-refractivity contribution in [2.75, 3.05) is 26.1 Å². The second-order valence-corrected chi connectivity index (χ2v) is 8.46. The Labute approximate surface area is 209 Å². The molecule has 35 heavy (non-hydrogen) atoms. The molecule has 0 bridgehead atoms. The van der Waals surface area contributed by atoms with E-state index in [-0.39, 0.29) is 18.2 Å². The zero-order valence-corrected chi connectivity index (χ0v) is 20.6. The van der Waals surface area contributed by atoms with Crippen LogP contribution in [0.5, 0.6) is 17.2 Å². The molecule has 3 aromatic rings. The number of nitrogens with zero attached hydrogens (tertiary/aromatic N) is 1. The number of hydrogen-bond donors (Lipinski definition) is 1. The standard InChI is InChI=1S/C27H27ClN2O5/c1-4-35-24-11-9-17(13-25(24)34-3)22(30-16-18-7-5-6-8-20(18)27(30)32)15-26(31)29-19-10-12-23(33-2)21(28)14-19/h5-14,22H,4,15-16H2,1-3H3,(H,29,31)/t22-/m1/s1. The van der Waals surface area contributed by atoms with Gasteiger partial charge in [0.05, 0.1) is 38.3 Å². The van der Waals surface area contributed by atoms with Crippen LogP contribution >= 0.6 is 11.6 Å². The first kappa shape index (κ1) is 24.4. The van der Waals surface area contributed by atoms with Gasteiger partial charge in [0.25, 0.3) is 5.91 Å². The van der Waals surface area contributed by atoms with E-state index in [2.05, 4.69) is 5.32 Å². The lowest BCUT2D eigenvalue weighted by Gasteiger charge is -2.28. The summed E-state index contributed by atoms with van der Waals surface area (Å²) in [6.45, 7) is 2.80. The first-order valence-electron chi connectivity index (χ1n) is 11.3. The van der Waals surface area contributed by atoms with Crippen molar-refractivity contribution in [2.45, 2.75) is 25.9 Å². The van der Waals surface area contributed by atoms with E-state index in [1.54, 1.807) is 36.3 Å². The molecule has 2 amide bonds. The lowest BCUT2D eigenvalue weighted by atomic mass is 10.0. The van der Waals surface area contributed by atoms with E-state index in [1.165, 1.54) is 7.11 Å². The van der Waals surface area contributed by atoms with Crippen molar-refractivity contribution in [3.05, 3.63) is 82.4 Å². The van der Waals surface area contributed by atoms with Crippen LogP contribution in [0.3, 0.4) is 0 Å². The molecule has 8 heteroatoms. The summed E-state index contributed by atoms with van der Waals surface area (Å²) in [7, 11) is 3.09. The molecule has 0 radical (unpaired) electrons. The van der Waals surface area contributed by atoms with Crippen LogP contribution < -0.4 is 19.5 Å². The molecule has 1 heterocycles. The van der Waals surface area contributed by atoms with Crippen LogP contribution in [0.1, 0.15) is 40.9 Å². The topological polar surface area (TPSA) is 77.1 Å². The minimum absolute atomic E-state index is 0.0422. The number of rotatable bonds is 9. The molecule has 0 fully saturated rings. The minimum atomic E-state index is -0.520. The SMILES string of the molecule is CCOc1ccc([C@@H](CC(=O)Nc2ccc(OC)c(Cl)c2)N2Cc3ccccc3C2=O)cc1OC. The third kappa shape index (κ3) is 5.20. The quantitative estimate of drug-likeness (QED) is 0.426. The van der Waals surface area contributed by atoms with E-state index in [0.29, 0.717) is 46.7 Å². The number of ether oxygens (including phenoxy) is 3. The predicted octanol–water partition coefficient (Wildman–Crippen LogP) is 5.48. The van der Waals surface area contributed by atoms with E-state index in [0.717, 1.165) is 11.1 Å². The number of nitrogens with one attached hydrogen (secondary N) is 1. The molecule has 0 unspecified atom stereocenters. The smallest absolute Gasteiger partial charge is 0.255 e. The fourth-order valence-corrected chi connectivity index (χ4v) is 4.49. The Balaban J connectivity index is 1.64. The van der Waals surface area contributed by atoms with Crippen molar-refractivity contribution in [3.8, 4) is 17.2 Å². The first-order valence-corrected chi connectivity index (χ1v) is 11.7. The van der Waals surface area contributed by atoms with Gasteiger partial charge in [0.1, 0.15) is 5.75 Å². The van der Waals surface area contributed by atoms with Crippen LogP contribution in [0.15, 0.2) is 60.7 Å². The number of halogens is 1. The number of carbonyl (C=O) groups is 2. The Morgan fingerprint density at radius 3 is 2.46 bits per heavy atom. The van der Waals surface area contributed by atoms with E-state index >= 15 is 0 Å². The minimum Gasteiger partial charge on any atom is -0.495 e. The van der Waals surface area contributed by atoms with Gasteiger partial charge in [-0.15, -0.1) is 0 Å². The molecule has 182 valence electrons. The van der Waals surface area contributed by atoms with E-state index in [9.17, 15) is 9.59 Å². The van der Waals surface area contributed by atoms with E-state index in [1.807, 2.05) is 43.3 Å². The molecule has 0 aliphatic carbocycles. The van der Waals surface area contributed by atoms with Crippen LogP contribution in [-0.2, 0) is 11.3 Å². The van der Waals surface area contributed by atoms with Gasteiger partial charge in [0.15, 0.2) is 11.5 Å². The third-order valence-electron chi connectivity index (χ3n) is 5.91. The molecule has 1 atom stereocenters. The number of hydrogen-bond acceptors (Lipinski definition) is 5. The molecular weight excluding hydrogens is 468 g/mol. The number of anilines is 1. The van der Waals surface area contributed by atoms with Gasteiger partial charge in [-0.2, -0.15) is 0 Å². The zero-order chi connectivity index (χ0) is 24.9. The highest BCUT2D eigenvalue weighted by molar-refractivity contribution is 6.32. The van der Waals surface area contributed by atoms with Gasteiger partial charge < -0.3 is 24.4 Å².